The summed E-state index contributed by atoms with van der Waals surface area (Å²) in [6.45, 7) is 1.42. The molecule has 0 aromatic heterocycles. The molecule has 0 radical (unpaired) electrons. The molecule has 1 aliphatic carbocycles. The zero-order chi connectivity index (χ0) is 19.2. The van der Waals surface area contributed by atoms with E-state index in [1.54, 1.807) is 19.1 Å². The number of carbonyl (C=O) groups is 2. The summed E-state index contributed by atoms with van der Waals surface area (Å²) >= 11 is 3.34. The molecule has 2 aromatic rings. The number of ether oxygens (including phenoxy) is 2. The van der Waals surface area contributed by atoms with Crippen molar-refractivity contribution in [3.8, 4) is 11.5 Å². The van der Waals surface area contributed by atoms with Gasteiger partial charge in [-0.05, 0) is 67.6 Å². The van der Waals surface area contributed by atoms with Crippen LogP contribution in [0, 0.1) is 0 Å². The Morgan fingerprint density at radius 1 is 1.07 bits per heavy atom. The second-order valence-corrected chi connectivity index (χ2v) is 7.24. The van der Waals surface area contributed by atoms with Gasteiger partial charge in [0, 0.05) is 4.47 Å². The van der Waals surface area contributed by atoms with E-state index in [4.69, 9.17) is 9.47 Å². The fourth-order valence-electron chi connectivity index (χ4n) is 2.85. The molecule has 2 aromatic carbocycles. The molecular weight excluding hydrogens is 412 g/mol. The summed E-state index contributed by atoms with van der Waals surface area (Å²) < 4.78 is 11.9. The first kappa shape index (κ1) is 19.2. The van der Waals surface area contributed by atoms with Gasteiger partial charge in [-0.1, -0.05) is 28.1 Å². The number of hydrogen-bond donors (Lipinski definition) is 2. The van der Waals surface area contributed by atoms with Gasteiger partial charge in [0.15, 0.2) is 12.7 Å². The summed E-state index contributed by atoms with van der Waals surface area (Å²) in [6.07, 6.45) is 2.54. The zero-order valence-corrected chi connectivity index (χ0v) is 16.5. The highest BCUT2D eigenvalue weighted by Gasteiger charge is 2.16. The molecule has 1 aliphatic rings. The zero-order valence-electron chi connectivity index (χ0n) is 15.0. The van der Waals surface area contributed by atoms with E-state index in [9.17, 15) is 9.59 Å². The lowest BCUT2D eigenvalue weighted by molar-refractivity contribution is -0.133. The molecule has 2 amide bonds. The maximum atomic E-state index is 12.0. The molecule has 1 atom stereocenters. The van der Waals surface area contributed by atoms with E-state index in [0.717, 1.165) is 23.7 Å². The number of hydrazine groups is 1. The van der Waals surface area contributed by atoms with Gasteiger partial charge < -0.3 is 9.47 Å². The van der Waals surface area contributed by atoms with Gasteiger partial charge >= 0.3 is 0 Å². The van der Waals surface area contributed by atoms with Crippen LogP contribution in [0.25, 0.3) is 0 Å². The van der Waals surface area contributed by atoms with E-state index in [1.165, 1.54) is 11.1 Å². The van der Waals surface area contributed by atoms with E-state index in [-0.39, 0.29) is 6.61 Å². The van der Waals surface area contributed by atoms with Crippen LogP contribution in [0.5, 0.6) is 11.5 Å². The Labute approximate surface area is 166 Å². The number of nitrogens with one attached hydrogen (secondary N) is 2. The SMILES string of the molecule is CC(Oc1cccc(Br)c1)C(=O)NNC(=O)COc1ccc2c(c1)CCC2. The molecule has 0 aliphatic heterocycles. The summed E-state index contributed by atoms with van der Waals surface area (Å²) in [6, 6.07) is 13.1. The van der Waals surface area contributed by atoms with Gasteiger partial charge in [0.05, 0.1) is 0 Å². The fraction of sp³-hybridized carbons (Fsp3) is 0.300. The number of benzene rings is 2. The minimum Gasteiger partial charge on any atom is -0.484 e. The molecule has 27 heavy (non-hydrogen) atoms. The van der Waals surface area contributed by atoms with Gasteiger partial charge in [0.2, 0.25) is 0 Å². The van der Waals surface area contributed by atoms with Crippen LogP contribution in [0.4, 0.5) is 0 Å². The molecule has 142 valence electrons. The van der Waals surface area contributed by atoms with Crippen LogP contribution in [0.3, 0.4) is 0 Å². The van der Waals surface area contributed by atoms with Crippen LogP contribution < -0.4 is 20.3 Å². The van der Waals surface area contributed by atoms with Gasteiger partial charge in [-0.2, -0.15) is 0 Å². The van der Waals surface area contributed by atoms with Gasteiger partial charge in [-0.15, -0.1) is 0 Å². The van der Waals surface area contributed by atoms with E-state index in [1.807, 2.05) is 30.3 Å². The minimum absolute atomic E-state index is 0.181. The lowest BCUT2D eigenvalue weighted by Crippen LogP contribution is -2.48. The first-order valence-electron chi connectivity index (χ1n) is 8.77. The average Bonchev–Trinajstić information content (AvgIpc) is 3.12. The Balaban J connectivity index is 1.41. The fourth-order valence-corrected chi connectivity index (χ4v) is 3.23. The minimum atomic E-state index is -0.766. The van der Waals surface area contributed by atoms with E-state index in [2.05, 4.69) is 26.8 Å². The number of hydrogen-bond acceptors (Lipinski definition) is 4. The van der Waals surface area contributed by atoms with Crippen molar-refractivity contribution in [1.29, 1.82) is 0 Å². The lowest BCUT2D eigenvalue weighted by atomic mass is 10.1. The predicted molar refractivity (Wildman–Crippen MR) is 104 cm³/mol. The maximum Gasteiger partial charge on any atom is 0.279 e. The molecule has 0 bridgehead atoms. The third-order valence-electron chi connectivity index (χ3n) is 4.24. The third kappa shape index (κ3) is 5.47. The number of fused-ring (bicyclic) bond motifs is 1. The summed E-state index contributed by atoms with van der Waals surface area (Å²) in [4.78, 5) is 23.9. The monoisotopic (exact) mass is 432 g/mol. The standard InChI is InChI=1S/C20H21BrN2O4/c1-13(27-18-7-3-6-16(21)11-18)20(25)23-22-19(24)12-26-17-9-8-14-4-2-5-15(14)10-17/h3,6-11,13H,2,4-5,12H2,1H3,(H,22,24)(H,23,25). The maximum absolute atomic E-state index is 12.0. The van der Waals surface area contributed by atoms with Crippen molar-refractivity contribution in [3.63, 3.8) is 0 Å². The van der Waals surface area contributed by atoms with Crippen LogP contribution in [0.1, 0.15) is 24.5 Å². The Kier molecular flexibility index (Phi) is 6.34. The first-order chi connectivity index (χ1) is 13.0. The topological polar surface area (TPSA) is 76.7 Å². The van der Waals surface area contributed by atoms with Gasteiger partial charge in [-0.25, -0.2) is 0 Å². The molecule has 3 rings (SSSR count). The quantitative estimate of drug-likeness (QED) is 0.687. The second kappa shape index (κ2) is 8.90. The van der Waals surface area contributed by atoms with Crippen LogP contribution in [-0.4, -0.2) is 24.5 Å². The van der Waals surface area contributed by atoms with E-state index >= 15 is 0 Å². The number of rotatable bonds is 6. The first-order valence-corrected chi connectivity index (χ1v) is 9.56. The molecule has 0 saturated heterocycles. The Bertz CT molecular complexity index is 840. The number of aryl methyl sites for hydroxylation is 2. The molecule has 0 saturated carbocycles. The van der Waals surface area contributed by atoms with Crippen molar-refractivity contribution >= 4 is 27.7 Å². The Morgan fingerprint density at radius 3 is 2.70 bits per heavy atom. The summed E-state index contributed by atoms with van der Waals surface area (Å²) in [7, 11) is 0. The third-order valence-corrected chi connectivity index (χ3v) is 4.74. The second-order valence-electron chi connectivity index (χ2n) is 6.33. The van der Waals surface area contributed by atoms with Crippen molar-refractivity contribution in [2.75, 3.05) is 6.61 Å². The Morgan fingerprint density at radius 2 is 1.89 bits per heavy atom. The largest absolute Gasteiger partial charge is 0.484 e. The highest BCUT2D eigenvalue weighted by atomic mass is 79.9. The predicted octanol–water partition coefficient (Wildman–Crippen LogP) is 2.93. The number of carbonyl (C=O) groups excluding carboxylic acids is 2. The molecule has 0 heterocycles. The lowest BCUT2D eigenvalue weighted by Gasteiger charge is -2.15. The smallest absolute Gasteiger partial charge is 0.279 e. The number of halogens is 1. The normalized spacial score (nSPS) is 13.4. The van der Waals surface area contributed by atoms with Gasteiger partial charge in [-0.3, -0.25) is 20.4 Å². The van der Waals surface area contributed by atoms with Crippen LogP contribution in [0.2, 0.25) is 0 Å². The van der Waals surface area contributed by atoms with Crippen molar-refractivity contribution in [2.45, 2.75) is 32.3 Å². The van der Waals surface area contributed by atoms with Crippen LogP contribution in [-0.2, 0) is 22.4 Å². The van der Waals surface area contributed by atoms with Crippen LogP contribution >= 0.6 is 15.9 Å². The summed E-state index contributed by atoms with van der Waals surface area (Å²) in [5.74, 6) is 0.307. The summed E-state index contributed by atoms with van der Waals surface area (Å²) in [5, 5.41) is 0. The molecule has 0 fully saturated rings. The Hall–Kier alpha value is -2.54. The molecule has 1 unspecified atom stereocenters. The molecule has 0 spiro atoms. The van der Waals surface area contributed by atoms with Crippen molar-refractivity contribution in [3.05, 3.63) is 58.1 Å². The van der Waals surface area contributed by atoms with Crippen molar-refractivity contribution in [1.82, 2.24) is 10.9 Å². The van der Waals surface area contributed by atoms with Crippen molar-refractivity contribution in [2.24, 2.45) is 0 Å². The number of amides is 2. The molecular formula is C20H21BrN2O4. The highest BCUT2D eigenvalue weighted by Crippen LogP contribution is 2.25. The highest BCUT2D eigenvalue weighted by molar-refractivity contribution is 9.10. The molecule has 6 nitrogen and oxygen atoms in total. The molecule has 7 heteroatoms. The van der Waals surface area contributed by atoms with E-state index in [0.29, 0.717) is 11.5 Å². The van der Waals surface area contributed by atoms with Crippen LogP contribution in [0.15, 0.2) is 46.9 Å². The van der Waals surface area contributed by atoms with E-state index < -0.39 is 17.9 Å². The molecule has 2 N–H and O–H groups in total. The average molecular weight is 433 g/mol. The summed E-state index contributed by atoms with van der Waals surface area (Å²) in [5.41, 5.74) is 7.29. The van der Waals surface area contributed by atoms with Gasteiger partial charge in [0.25, 0.3) is 11.8 Å². The van der Waals surface area contributed by atoms with Crippen molar-refractivity contribution < 1.29 is 19.1 Å². The van der Waals surface area contributed by atoms with Gasteiger partial charge in [0.1, 0.15) is 11.5 Å².